The summed E-state index contributed by atoms with van der Waals surface area (Å²) < 4.78 is 5.87. The number of likely N-dealkylation sites (tertiary alicyclic amines) is 1. The lowest BCUT2D eigenvalue weighted by Crippen LogP contribution is -2.43. The molecular formula is C21H34N4O3S. The molecule has 7 nitrogen and oxygen atoms in total. The second-order valence-electron chi connectivity index (χ2n) is 7.96. The van der Waals surface area contributed by atoms with Crippen LogP contribution in [-0.4, -0.2) is 46.9 Å². The summed E-state index contributed by atoms with van der Waals surface area (Å²) in [6.45, 7) is 11.8. The van der Waals surface area contributed by atoms with Gasteiger partial charge in [0.15, 0.2) is 11.4 Å². The maximum absolute atomic E-state index is 12.4. The van der Waals surface area contributed by atoms with Crippen LogP contribution in [0.15, 0.2) is 24.2 Å². The minimum absolute atomic E-state index is 0.0268. The Morgan fingerprint density at radius 2 is 2.24 bits per heavy atom. The van der Waals surface area contributed by atoms with E-state index in [2.05, 4.69) is 36.4 Å². The Morgan fingerprint density at radius 3 is 2.90 bits per heavy atom. The smallest absolute Gasteiger partial charge is 0.323 e. The van der Waals surface area contributed by atoms with Gasteiger partial charge in [0.1, 0.15) is 5.76 Å². The number of thiazole rings is 1. The van der Waals surface area contributed by atoms with Crippen molar-refractivity contribution in [3.8, 4) is 0 Å². The largest absolute Gasteiger partial charge is 0.469 e. The van der Waals surface area contributed by atoms with E-state index < -0.39 is 0 Å². The topological polar surface area (TPSA) is 86.7 Å². The molecule has 1 fully saturated rings. The maximum atomic E-state index is 12.4. The number of piperidine rings is 1. The van der Waals surface area contributed by atoms with Crippen LogP contribution in [0.3, 0.4) is 0 Å². The first-order valence-electron chi connectivity index (χ1n) is 10.3. The van der Waals surface area contributed by atoms with Crippen molar-refractivity contribution in [1.82, 2.24) is 15.2 Å². The summed E-state index contributed by atoms with van der Waals surface area (Å²) >= 11 is 1.42. The number of allylic oxidation sites excluding steroid dienone is 1. The summed E-state index contributed by atoms with van der Waals surface area (Å²) in [5.41, 5.74) is -0.0268. The lowest BCUT2D eigenvalue weighted by Gasteiger charge is -2.31. The molecule has 2 amide bonds. The van der Waals surface area contributed by atoms with E-state index >= 15 is 0 Å². The third-order valence-corrected chi connectivity index (χ3v) is 5.49. The van der Waals surface area contributed by atoms with E-state index in [1.54, 1.807) is 11.1 Å². The maximum Gasteiger partial charge on any atom is 0.323 e. The van der Waals surface area contributed by atoms with Crippen LogP contribution in [0.2, 0.25) is 0 Å². The molecule has 2 unspecified atom stereocenters. The molecule has 0 saturated carbocycles. The van der Waals surface area contributed by atoms with E-state index in [0.29, 0.717) is 18.2 Å². The van der Waals surface area contributed by atoms with Gasteiger partial charge in [-0.2, -0.15) is 0 Å². The van der Waals surface area contributed by atoms with Gasteiger partial charge in [0, 0.05) is 42.4 Å². The van der Waals surface area contributed by atoms with Gasteiger partial charge in [0.25, 0.3) is 0 Å². The second kappa shape index (κ2) is 10.6. The quantitative estimate of drug-likeness (QED) is 0.675. The molecule has 0 aromatic carbocycles. The Hall–Kier alpha value is -2.06. The fourth-order valence-electron chi connectivity index (χ4n) is 3.02. The van der Waals surface area contributed by atoms with Gasteiger partial charge in [-0.25, -0.2) is 9.78 Å². The highest BCUT2D eigenvalue weighted by atomic mass is 32.1. The van der Waals surface area contributed by atoms with Gasteiger partial charge in [0.2, 0.25) is 0 Å². The first-order chi connectivity index (χ1) is 13.8. The van der Waals surface area contributed by atoms with E-state index in [-0.39, 0.29) is 30.2 Å². The normalized spacial score (nSPS) is 21.7. The number of aliphatic hydroxyl groups is 1. The summed E-state index contributed by atoms with van der Waals surface area (Å²) in [5, 5.41) is 15.9. The summed E-state index contributed by atoms with van der Waals surface area (Å²) in [6, 6.07) is -0.155. The van der Waals surface area contributed by atoms with Crippen LogP contribution in [0.4, 0.5) is 9.93 Å². The number of aliphatic hydroxyl groups excluding tert-OH is 1. The van der Waals surface area contributed by atoms with E-state index in [4.69, 9.17) is 4.74 Å². The first-order valence-corrected chi connectivity index (χ1v) is 11.1. The summed E-state index contributed by atoms with van der Waals surface area (Å²) in [4.78, 5) is 19.3. The predicted molar refractivity (Wildman–Crippen MR) is 118 cm³/mol. The monoisotopic (exact) mass is 422 g/mol. The fraction of sp³-hybridized carbons (Fsp3) is 0.619. The number of hydrogen-bond donors (Lipinski definition) is 3. The van der Waals surface area contributed by atoms with Crippen LogP contribution in [0.25, 0.3) is 6.08 Å². The standard InChI is InChI=1S/C19H28N4O3S.C2H6/c1-19(2,3)15-10-20-16(26-15)7-6-14-9-21-17(27-14)22-18(25)23-8-4-5-13(11-23)12-24;1-2/h6-7,9-10,13,16,20,24H,4-5,8,11-12H2,1-3H3,(H,21,22,25);1-2H3/b7-6+;. The van der Waals surface area contributed by atoms with Gasteiger partial charge in [-0.1, -0.05) is 46.0 Å². The van der Waals surface area contributed by atoms with Crippen LogP contribution in [0, 0.1) is 11.3 Å². The van der Waals surface area contributed by atoms with E-state index in [1.165, 1.54) is 11.3 Å². The molecule has 2 aliphatic heterocycles. The van der Waals surface area contributed by atoms with Crippen LogP contribution in [-0.2, 0) is 4.74 Å². The van der Waals surface area contributed by atoms with Crippen molar-refractivity contribution < 1.29 is 14.6 Å². The Morgan fingerprint density at radius 1 is 1.48 bits per heavy atom. The molecule has 2 aliphatic rings. The molecule has 8 heteroatoms. The Bertz CT molecular complexity index is 724. The van der Waals surface area contributed by atoms with Crippen molar-refractivity contribution in [3.05, 3.63) is 29.1 Å². The lowest BCUT2D eigenvalue weighted by molar-refractivity contribution is 0.124. The highest BCUT2D eigenvalue weighted by molar-refractivity contribution is 7.16. The van der Waals surface area contributed by atoms with Gasteiger partial charge < -0.3 is 20.1 Å². The second-order valence-corrected chi connectivity index (χ2v) is 9.02. The Balaban J connectivity index is 0.00000145. The number of amides is 2. The minimum Gasteiger partial charge on any atom is -0.469 e. The number of urea groups is 1. The first kappa shape index (κ1) is 23.2. The number of ether oxygens (including phenoxy) is 1. The molecule has 3 rings (SSSR count). The van der Waals surface area contributed by atoms with Crippen molar-refractivity contribution in [1.29, 1.82) is 0 Å². The Kier molecular flexibility index (Phi) is 8.52. The molecule has 0 spiro atoms. The molecule has 1 saturated heterocycles. The van der Waals surface area contributed by atoms with E-state index in [9.17, 15) is 9.90 Å². The third-order valence-electron chi connectivity index (χ3n) is 4.61. The number of carbonyl (C=O) groups excluding carboxylic acids is 1. The van der Waals surface area contributed by atoms with Gasteiger partial charge in [0.05, 0.1) is 0 Å². The van der Waals surface area contributed by atoms with Crippen LogP contribution in [0.1, 0.15) is 52.3 Å². The van der Waals surface area contributed by atoms with Gasteiger partial charge in [-0.05, 0) is 30.9 Å². The summed E-state index contributed by atoms with van der Waals surface area (Å²) in [5.74, 6) is 1.10. The molecule has 1 aromatic heterocycles. The number of rotatable bonds is 4. The number of carbonyl (C=O) groups is 1. The van der Waals surface area contributed by atoms with Gasteiger partial charge in [-0.15, -0.1) is 0 Å². The highest BCUT2D eigenvalue weighted by Crippen LogP contribution is 2.30. The average Bonchev–Trinajstić information content (AvgIpc) is 3.37. The number of anilines is 1. The van der Waals surface area contributed by atoms with Crippen LogP contribution < -0.4 is 10.6 Å². The third kappa shape index (κ3) is 6.75. The predicted octanol–water partition coefficient (Wildman–Crippen LogP) is 4.25. The molecule has 3 heterocycles. The molecule has 162 valence electrons. The van der Waals surface area contributed by atoms with E-state index in [0.717, 1.165) is 23.5 Å². The van der Waals surface area contributed by atoms with Crippen molar-refractivity contribution in [3.63, 3.8) is 0 Å². The van der Waals surface area contributed by atoms with Crippen molar-refractivity contribution >= 4 is 28.6 Å². The van der Waals surface area contributed by atoms with Crippen LogP contribution >= 0.6 is 11.3 Å². The number of nitrogens with zero attached hydrogens (tertiary/aromatic N) is 2. The zero-order valence-electron chi connectivity index (χ0n) is 18.1. The molecule has 2 atom stereocenters. The van der Waals surface area contributed by atoms with Crippen molar-refractivity contribution in [2.24, 2.45) is 11.3 Å². The van der Waals surface area contributed by atoms with Crippen molar-refractivity contribution in [2.45, 2.75) is 53.7 Å². The zero-order chi connectivity index (χ0) is 21.4. The molecule has 29 heavy (non-hydrogen) atoms. The molecule has 1 aromatic rings. The fourth-order valence-corrected chi connectivity index (χ4v) is 3.74. The highest BCUT2D eigenvalue weighted by Gasteiger charge is 2.26. The average molecular weight is 423 g/mol. The molecular weight excluding hydrogens is 388 g/mol. The zero-order valence-corrected chi connectivity index (χ0v) is 18.9. The minimum atomic E-state index is -0.192. The van der Waals surface area contributed by atoms with Gasteiger partial charge >= 0.3 is 6.03 Å². The SMILES string of the molecule is CC.CC(C)(C)C1=CNC(/C=C/c2cnc(NC(=O)N3CCCC(CO)C3)s2)O1. The van der Waals surface area contributed by atoms with E-state index in [1.807, 2.05) is 32.2 Å². The van der Waals surface area contributed by atoms with Crippen molar-refractivity contribution in [2.75, 3.05) is 25.0 Å². The summed E-state index contributed by atoms with van der Waals surface area (Å²) in [7, 11) is 0. The lowest BCUT2D eigenvalue weighted by atomic mass is 9.95. The summed E-state index contributed by atoms with van der Waals surface area (Å²) in [6.07, 6.45) is 9.21. The molecule has 0 radical (unpaired) electrons. The number of hydrogen-bond acceptors (Lipinski definition) is 6. The van der Waals surface area contributed by atoms with Gasteiger partial charge in [-0.3, -0.25) is 5.32 Å². The molecule has 3 N–H and O–H groups in total. The molecule has 0 bridgehead atoms. The van der Waals surface area contributed by atoms with Crippen LogP contribution in [0.5, 0.6) is 0 Å². The Labute approximate surface area is 177 Å². The molecule has 0 aliphatic carbocycles. The number of aromatic nitrogens is 1. The number of nitrogens with one attached hydrogen (secondary N) is 2.